The van der Waals surface area contributed by atoms with Gasteiger partial charge >= 0.3 is 0 Å². The predicted molar refractivity (Wildman–Crippen MR) is 81.2 cm³/mol. The highest BCUT2D eigenvalue weighted by Crippen LogP contribution is 2.22. The Morgan fingerprint density at radius 3 is 2.71 bits per heavy atom. The summed E-state index contributed by atoms with van der Waals surface area (Å²) in [6, 6.07) is 7.75. The molecular weight excluding hydrogens is 268 g/mol. The van der Waals surface area contributed by atoms with Gasteiger partial charge in [-0.25, -0.2) is 4.68 Å². The molecule has 0 unspecified atom stereocenters. The molecule has 2 aromatic rings. The van der Waals surface area contributed by atoms with Crippen LogP contribution < -0.4 is 5.56 Å². The summed E-state index contributed by atoms with van der Waals surface area (Å²) in [5.74, 6) is 0. The summed E-state index contributed by atoms with van der Waals surface area (Å²) in [5, 5.41) is 13.8. The van der Waals surface area contributed by atoms with Crippen molar-refractivity contribution < 1.29 is 9.84 Å². The van der Waals surface area contributed by atoms with Gasteiger partial charge in [-0.15, -0.1) is 0 Å². The van der Waals surface area contributed by atoms with Gasteiger partial charge in [0.15, 0.2) is 0 Å². The van der Waals surface area contributed by atoms with Crippen LogP contribution in [0.2, 0.25) is 0 Å². The molecule has 0 aliphatic rings. The van der Waals surface area contributed by atoms with Crippen LogP contribution in [0.25, 0.3) is 11.3 Å². The van der Waals surface area contributed by atoms with Crippen LogP contribution in [0.1, 0.15) is 16.7 Å². The quantitative estimate of drug-likeness (QED) is 0.909. The summed E-state index contributed by atoms with van der Waals surface area (Å²) in [4.78, 5) is 12.1. The number of nitrogens with zero attached hydrogens (tertiary/aromatic N) is 2. The normalized spacial score (nSPS) is 10.9. The molecule has 0 aliphatic heterocycles. The molecule has 0 amide bonds. The summed E-state index contributed by atoms with van der Waals surface area (Å²) in [6.45, 7) is 4.47. The van der Waals surface area contributed by atoms with Crippen LogP contribution >= 0.6 is 0 Å². The first-order chi connectivity index (χ1) is 10.1. The van der Waals surface area contributed by atoms with Crippen LogP contribution in [-0.2, 0) is 17.9 Å². The van der Waals surface area contributed by atoms with E-state index in [0.717, 1.165) is 16.7 Å². The van der Waals surface area contributed by atoms with Gasteiger partial charge in [0.05, 0.1) is 25.5 Å². The third-order valence-corrected chi connectivity index (χ3v) is 3.40. The third kappa shape index (κ3) is 3.37. The molecule has 0 saturated heterocycles. The first-order valence-electron chi connectivity index (χ1n) is 6.85. The maximum Gasteiger partial charge on any atom is 0.272 e. The van der Waals surface area contributed by atoms with E-state index in [4.69, 9.17) is 4.74 Å². The number of hydrogen-bond donors (Lipinski definition) is 1. The fraction of sp³-hybridized carbons (Fsp3) is 0.375. The van der Waals surface area contributed by atoms with Crippen LogP contribution in [0.3, 0.4) is 0 Å². The zero-order chi connectivity index (χ0) is 15.4. The van der Waals surface area contributed by atoms with Crippen molar-refractivity contribution in [3.8, 4) is 11.3 Å². The van der Waals surface area contributed by atoms with E-state index < -0.39 is 0 Å². The molecule has 0 radical (unpaired) electrons. The molecule has 1 aromatic heterocycles. The summed E-state index contributed by atoms with van der Waals surface area (Å²) < 4.78 is 6.35. The SMILES string of the molecule is COCCn1nc(-c2cc(C)ccc2C)cc(CO)c1=O. The molecule has 0 aliphatic carbocycles. The van der Waals surface area contributed by atoms with Crippen molar-refractivity contribution >= 4 is 0 Å². The fourth-order valence-corrected chi connectivity index (χ4v) is 2.18. The maximum atomic E-state index is 12.1. The van der Waals surface area contributed by atoms with E-state index >= 15 is 0 Å². The molecular formula is C16H20N2O3. The number of aliphatic hydroxyl groups excluding tert-OH is 1. The molecule has 21 heavy (non-hydrogen) atoms. The molecule has 0 spiro atoms. The van der Waals surface area contributed by atoms with E-state index in [0.29, 0.717) is 24.4 Å². The van der Waals surface area contributed by atoms with Gasteiger partial charge in [-0.3, -0.25) is 4.79 Å². The number of benzene rings is 1. The van der Waals surface area contributed by atoms with Crippen molar-refractivity contribution in [2.45, 2.75) is 27.0 Å². The number of aryl methyl sites for hydroxylation is 2. The lowest BCUT2D eigenvalue weighted by Gasteiger charge is -2.11. The lowest BCUT2D eigenvalue weighted by molar-refractivity contribution is 0.181. The van der Waals surface area contributed by atoms with Gasteiger partial charge in [0.1, 0.15) is 0 Å². The van der Waals surface area contributed by atoms with Crippen LogP contribution in [0.4, 0.5) is 0 Å². The van der Waals surface area contributed by atoms with Crippen molar-refractivity contribution in [3.05, 3.63) is 51.3 Å². The Hall–Kier alpha value is -1.98. The Kier molecular flexibility index (Phi) is 4.88. The Morgan fingerprint density at radius 2 is 2.05 bits per heavy atom. The van der Waals surface area contributed by atoms with Crippen LogP contribution in [0.15, 0.2) is 29.1 Å². The molecule has 5 nitrogen and oxygen atoms in total. The highest BCUT2D eigenvalue weighted by Gasteiger charge is 2.11. The molecule has 1 N–H and O–H groups in total. The van der Waals surface area contributed by atoms with Crippen LogP contribution in [-0.4, -0.2) is 28.6 Å². The highest BCUT2D eigenvalue weighted by molar-refractivity contribution is 5.64. The van der Waals surface area contributed by atoms with Gasteiger partial charge in [-0.1, -0.05) is 17.7 Å². The molecule has 112 valence electrons. The number of aromatic nitrogens is 2. The zero-order valence-electron chi connectivity index (χ0n) is 12.6. The van der Waals surface area contributed by atoms with E-state index in [1.54, 1.807) is 13.2 Å². The van der Waals surface area contributed by atoms with Crippen molar-refractivity contribution in [2.75, 3.05) is 13.7 Å². The van der Waals surface area contributed by atoms with E-state index in [9.17, 15) is 9.90 Å². The van der Waals surface area contributed by atoms with Gasteiger partial charge in [0, 0.05) is 18.2 Å². The van der Waals surface area contributed by atoms with Crippen LogP contribution in [0.5, 0.6) is 0 Å². The van der Waals surface area contributed by atoms with Crippen molar-refractivity contribution in [1.82, 2.24) is 9.78 Å². The molecule has 0 saturated carbocycles. The van der Waals surface area contributed by atoms with E-state index in [1.165, 1.54) is 4.68 Å². The van der Waals surface area contributed by atoms with E-state index in [2.05, 4.69) is 5.10 Å². The average Bonchev–Trinajstić information content (AvgIpc) is 2.48. The van der Waals surface area contributed by atoms with Gasteiger partial charge < -0.3 is 9.84 Å². The minimum absolute atomic E-state index is 0.274. The second-order valence-electron chi connectivity index (χ2n) is 5.05. The largest absolute Gasteiger partial charge is 0.391 e. The first-order valence-corrected chi connectivity index (χ1v) is 6.85. The van der Waals surface area contributed by atoms with E-state index in [1.807, 2.05) is 32.0 Å². The lowest BCUT2D eigenvalue weighted by atomic mass is 10.0. The maximum absolute atomic E-state index is 12.1. The van der Waals surface area contributed by atoms with Gasteiger partial charge in [-0.2, -0.15) is 5.10 Å². The van der Waals surface area contributed by atoms with Crippen molar-refractivity contribution in [2.24, 2.45) is 0 Å². The van der Waals surface area contributed by atoms with Crippen LogP contribution in [0, 0.1) is 13.8 Å². The third-order valence-electron chi connectivity index (χ3n) is 3.40. The summed E-state index contributed by atoms with van der Waals surface area (Å²) in [7, 11) is 1.58. The Morgan fingerprint density at radius 1 is 1.29 bits per heavy atom. The average molecular weight is 288 g/mol. The molecule has 1 heterocycles. The van der Waals surface area contributed by atoms with Crippen molar-refractivity contribution in [3.63, 3.8) is 0 Å². The second kappa shape index (κ2) is 6.65. The second-order valence-corrected chi connectivity index (χ2v) is 5.05. The molecule has 2 rings (SSSR count). The number of methoxy groups -OCH3 is 1. The minimum Gasteiger partial charge on any atom is -0.391 e. The van der Waals surface area contributed by atoms with Gasteiger partial charge in [0.2, 0.25) is 0 Å². The predicted octanol–water partition coefficient (Wildman–Crippen LogP) is 1.67. The fourth-order valence-electron chi connectivity index (χ4n) is 2.18. The Bertz CT molecular complexity index is 692. The monoisotopic (exact) mass is 288 g/mol. The lowest BCUT2D eigenvalue weighted by Crippen LogP contribution is -2.28. The highest BCUT2D eigenvalue weighted by atomic mass is 16.5. The van der Waals surface area contributed by atoms with Gasteiger partial charge in [0.25, 0.3) is 5.56 Å². The number of aliphatic hydroxyl groups is 1. The Labute approximate surface area is 123 Å². The van der Waals surface area contributed by atoms with Gasteiger partial charge in [-0.05, 0) is 31.5 Å². The number of ether oxygens (including phenoxy) is 1. The van der Waals surface area contributed by atoms with E-state index in [-0.39, 0.29) is 12.2 Å². The molecule has 1 aromatic carbocycles. The number of rotatable bonds is 5. The summed E-state index contributed by atoms with van der Waals surface area (Å²) >= 11 is 0. The van der Waals surface area contributed by atoms with Crippen molar-refractivity contribution in [1.29, 1.82) is 0 Å². The number of hydrogen-bond acceptors (Lipinski definition) is 4. The summed E-state index contributed by atoms with van der Waals surface area (Å²) in [5.41, 5.74) is 3.93. The summed E-state index contributed by atoms with van der Waals surface area (Å²) in [6.07, 6.45) is 0. The first kappa shape index (κ1) is 15.4. The smallest absolute Gasteiger partial charge is 0.272 e. The molecule has 0 fully saturated rings. The molecule has 0 atom stereocenters. The Balaban J connectivity index is 2.58. The topological polar surface area (TPSA) is 64.3 Å². The minimum atomic E-state index is -0.299. The molecule has 0 bridgehead atoms. The zero-order valence-corrected chi connectivity index (χ0v) is 12.6. The standard InChI is InChI=1S/C16H20N2O3/c1-11-4-5-12(2)14(8-11)15-9-13(10-19)16(20)18(17-15)6-7-21-3/h4-5,8-9,19H,6-7,10H2,1-3H3. The molecule has 5 heteroatoms.